The minimum absolute atomic E-state index is 0.00692. The van der Waals surface area contributed by atoms with Crippen LogP contribution in [0.5, 0.6) is 0 Å². The van der Waals surface area contributed by atoms with Crippen LogP contribution in [0.1, 0.15) is 33.9 Å². The highest BCUT2D eigenvalue weighted by Gasteiger charge is 2.33. The summed E-state index contributed by atoms with van der Waals surface area (Å²) < 4.78 is 23.4. The summed E-state index contributed by atoms with van der Waals surface area (Å²) in [6.07, 6.45) is 0.461. The standard InChI is InChI=1S/C19H24N4O3S/c1-12-5-6-16(13(2)9-12)22-18-10-17(20-14(3)21-18)19(24)23(4)15-7-8-27(25,26)11-15/h5-6,9-10,15H,7-8,11H2,1-4H3,(H,20,21,22). The zero-order valence-electron chi connectivity index (χ0n) is 16.0. The number of carbonyl (C=O) groups excluding carboxylic acids is 1. The number of aryl methyl sites for hydroxylation is 3. The number of nitrogens with one attached hydrogen (secondary N) is 1. The predicted molar refractivity (Wildman–Crippen MR) is 105 cm³/mol. The van der Waals surface area contributed by atoms with Gasteiger partial charge in [-0.2, -0.15) is 0 Å². The lowest BCUT2D eigenvalue weighted by Gasteiger charge is -2.23. The molecular formula is C19H24N4O3S. The molecule has 0 saturated carbocycles. The predicted octanol–water partition coefficient (Wildman–Crippen LogP) is 2.40. The van der Waals surface area contributed by atoms with Crippen molar-refractivity contribution in [3.8, 4) is 0 Å². The first-order valence-electron chi connectivity index (χ1n) is 8.82. The first-order chi connectivity index (χ1) is 12.6. The lowest BCUT2D eigenvalue weighted by Crippen LogP contribution is -2.38. The van der Waals surface area contributed by atoms with E-state index in [9.17, 15) is 13.2 Å². The van der Waals surface area contributed by atoms with E-state index in [0.717, 1.165) is 11.3 Å². The molecule has 1 fully saturated rings. The topological polar surface area (TPSA) is 92.3 Å². The number of rotatable bonds is 4. The van der Waals surface area contributed by atoms with Crippen molar-refractivity contribution in [3.05, 3.63) is 46.9 Å². The van der Waals surface area contributed by atoms with Gasteiger partial charge in [-0.05, 0) is 38.8 Å². The van der Waals surface area contributed by atoms with Crippen LogP contribution in [0.4, 0.5) is 11.5 Å². The molecule has 0 radical (unpaired) electrons. The molecule has 1 saturated heterocycles. The number of aromatic nitrogens is 2. The molecule has 1 aliphatic heterocycles. The zero-order chi connectivity index (χ0) is 19.8. The second kappa shape index (κ2) is 7.26. The first kappa shape index (κ1) is 19.3. The number of hydrogen-bond donors (Lipinski definition) is 1. The highest BCUT2D eigenvalue weighted by molar-refractivity contribution is 7.91. The molecule has 27 heavy (non-hydrogen) atoms. The highest BCUT2D eigenvalue weighted by Crippen LogP contribution is 2.22. The Bertz CT molecular complexity index is 988. The van der Waals surface area contributed by atoms with Crippen molar-refractivity contribution in [2.75, 3.05) is 23.9 Å². The van der Waals surface area contributed by atoms with Crippen molar-refractivity contribution in [1.82, 2.24) is 14.9 Å². The quantitative estimate of drug-likeness (QED) is 0.865. The van der Waals surface area contributed by atoms with E-state index in [-0.39, 0.29) is 29.1 Å². The summed E-state index contributed by atoms with van der Waals surface area (Å²) in [6.45, 7) is 5.76. The molecule has 3 rings (SSSR count). The number of anilines is 2. The maximum absolute atomic E-state index is 12.8. The molecule has 144 valence electrons. The summed E-state index contributed by atoms with van der Waals surface area (Å²) in [5.41, 5.74) is 3.40. The number of sulfone groups is 1. The average molecular weight is 388 g/mol. The fourth-order valence-corrected chi connectivity index (χ4v) is 5.03. The van der Waals surface area contributed by atoms with Gasteiger partial charge in [0.05, 0.1) is 11.5 Å². The van der Waals surface area contributed by atoms with Gasteiger partial charge in [0.1, 0.15) is 17.3 Å². The van der Waals surface area contributed by atoms with Gasteiger partial charge in [0.25, 0.3) is 5.91 Å². The molecular weight excluding hydrogens is 364 g/mol. The van der Waals surface area contributed by atoms with Crippen LogP contribution in [0.3, 0.4) is 0 Å². The molecule has 1 unspecified atom stereocenters. The maximum atomic E-state index is 12.8. The maximum Gasteiger partial charge on any atom is 0.272 e. The fourth-order valence-electron chi connectivity index (χ4n) is 3.26. The van der Waals surface area contributed by atoms with Crippen LogP contribution in [-0.4, -0.2) is 53.8 Å². The normalized spacial score (nSPS) is 18.3. The molecule has 1 atom stereocenters. The molecule has 2 heterocycles. The van der Waals surface area contributed by atoms with Crippen molar-refractivity contribution >= 4 is 27.2 Å². The Balaban J connectivity index is 1.83. The number of hydrogen-bond acceptors (Lipinski definition) is 6. The van der Waals surface area contributed by atoms with E-state index in [2.05, 4.69) is 21.4 Å². The van der Waals surface area contributed by atoms with Gasteiger partial charge in [-0.15, -0.1) is 0 Å². The van der Waals surface area contributed by atoms with Crippen LogP contribution in [0, 0.1) is 20.8 Å². The number of nitrogens with zero attached hydrogens (tertiary/aromatic N) is 3. The number of carbonyl (C=O) groups is 1. The molecule has 2 aromatic rings. The van der Waals surface area contributed by atoms with E-state index < -0.39 is 9.84 Å². The smallest absolute Gasteiger partial charge is 0.272 e. The van der Waals surface area contributed by atoms with Crippen molar-refractivity contribution in [1.29, 1.82) is 0 Å². The monoisotopic (exact) mass is 388 g/mol. The van der Waals surface area contributed by atoms with E-state index in [4.69, 9.17) is 0 Å². The van der Waals surface area contributed by atoms with Crippen LogP contribution in [0.25, 0.3) is 0 Å². The minimum Gasteiger partial charge on any atom is -0.340 e. The summed E-state index contributed by atoms with van der Waals surface area (Å²) in [5.74, 6) is 0.835. The van der Waals surface area contributed by atoms with Crippen molar-refractivity contribution < 1.29 is 13.2 Å². The highest BCUT2D eigenvalue weighted by atomic mass is 32.2. The first-order valence-corrected chi connectivity index (χ1v) is 10.6. The summed E-state index contributed by atoms with van der Waals surface area (Å²) in [7, 11) is -1.43. The lowest BCUT2D eigenvalue weighted by atomic mass is 10.1. The summed E-state index contributed by atoms with van der Waals surface area (Å²) >= 11 is 0. The number of benzene rings is 1. The van der Waals surface area contributed by atoms with Gasteiger partial charge in [0.2, 0.25) is 0 Å². The Morgan fingerprint density at radius 1 is 1.19 bits per heavy atom. The van der Waals surface area contributed by atoms with E-state index in [1.807, 2.05) is 26.0 Å². The van der Waals surface area contributed by atoms with Gasteiger partial charge in [-0.25, -0.2) is 18.4 Å². The molecule has 7 nitrogen and oxygen atoms in total. The Morgan fingerprint density at radius 3 is 2.56 bits per heavy atom. The van der Waals surface area contributed by atoms with Crippen LogP contribution in [0.15, 0.2) is 24.3 Å². The molecule has 0 spiro atoms. The third-order valence-electron chi connectivity index (χ3n) is 4.78. The largest absolute Gasteiger partial charge is 0.340 e. The van der Waals surface area contributed by atoms with Crippen molar-refractivity contribution in [2.45, 2.75) is 33.2 Å². The van der Waals surface area contributed by atoms with Gasteiger partial charge < -0.3 is 10.2 Å². The molecule has 1 aromatic carbocycles. The molecule has 0 bridgehead atoms. The summed E-state index contributed by atoms with van der Waals surface area (Å²) in [4.78, 5) is 22.9. The fraction of sp³-hybridized carbons (Fsp3) is 0.421. The third-order valence-corrected chi connectivity index (χ3v) is 6.53. The second-order valence-electron chi connectivity index (χ2n) is 7.10. The average Bonchev–Trinajstić information content (AvgIpc) is 2.95. The zero-order valence-corrected chi connectivity index (χ0v) is 16.8. The van der Waals surface area contributed by atoms with Crippen molar-refractivity contribution in [2.24, 2.45) is 0 Å². The van der Waals surface area contributed by atoms with Gasteiger partial charge in [0, 0.05) is 24.8 Å². The van der Waals surface area contributed by atoms with Crippen LogP contribution >= 0.6 is 0 Å². The van der Waals surface area contributed by atoms with Gasteiger partial charge in [0.15, 0.2) is 9.84 Å². The molecule has 0 aliphatic carbocycles. The molecule has 1 N–H and O–H groups in total. The van der Waals surface area contributed by atoms with Gasteiger partial charge >= 0.3 is 0 Å². The lowest BCUT2D eigenvalue weighted by molar-refractivity contribution is 0.0741. The van der Waals surface area contributed by atoms with E-state index in [1.54, 1.807) is 20.0 Å². The Hall–Kier alpha value is -2.48. The molecule has 1 aromatic heterocycles. The van der Waals surface area contributed by atoms with Gasteiger partial charge in [-0.3, -0.25) is 4.79 Å². The Labute approximate surface area is 159 Å². The summed E-state index contributed by atoms with van der Waals surface area (Å²) in [5, 5.41) is 3.24. The van der Waals surface area contributed by atoms with Gasteiger partial charge in [-0.1, -0.05) is 17.7 Å². The molecule has 1 aliphatic rings. The van der Waals surface area contributed by atoms with E-state index in [0.29, 0.717) is 18.1 Å². The van der Waals surface area contributed by atoms with Crippen LogP contribution in [-0.2, 0) is 9.84 Å². The Morgan fingerprint density at radius 2 is 1.93 bits per heavy atom. The SMILES string of the molecule is Cc1ccc(Nc2cc(C(=O)N(C)C3CCS(=O)(=O)C3)nc(C)n2)c(C)c1. The van der Waals surface area contributed by atoms with E-state index in [1.165, 1.54) is 10.5 Å². The van der Waals surface area contributed by atoms with Crippen molar-refractivity contribution in [3.63, 3.8) is 0 Å². The minimum atomic E-state index is -3.06. The van der Waals surface area contributed by atoms with E-state index >= 15 is 0 Å². The number of amides is 1. The second-order valence-corrected chi connectivity index (χ2v) is 9.33. The molecule has 8 heteroatoms. The summed E-state index contributed by atoms with van der Waals surface area (Å²) in [6, 6.07) is 7.34. The third kappa shape index (κ3) is 4.44. The molecule has 1 amide bonds. The van der Waals surface area contributed by atoms with Crippen LogP contribution in [0.2, 0.25) is 0 Å². The Kier molecular flexibility index (Phi) is 5.19. The van der Waals surface area contributed by atoms with Crippen LogP contribution < -0.4 is 5.32 Å².